The third-order valence-electron chi connectivity index (χ3n) is 3.19. The maximum Gasteiger partial charge on any atom is 0.508 e. The smallest absolute Gasteiger partial charge is 0.461 e. The molecule has 0 saturated heterocycles. The monoisotopic (exact) mass is 396 g/mol. The van der Waals surface area contributed by atoms with E-state index in [1.165, 1.54) is 7.11 Å². The Kier molecular flexibility index (Phi) is 23.9. The van der Waals surface area contributed by atoms with Crippen molar-refractivity contribution in [3.8, 4) is 0 Å². The predicted octanol–water partition coefficient (Wildman–Crippen LogP) is 5.00. The molecule has 0 N–H and O–H groups in total. The average Bonchev–Trinajstić information content (AvgIpc) is 2.60. The van der Waals surface area contributed by atoms with Crippen molar-refractivity contribution in [3.05, 3.63) is 0 Å². The first-order valence-electron chi connectivity index (χ1n) is 8.94. The lowest BCUT2D eigenvalue weighted by atomic mass is 10.1. The summed E-state index contributed by atoms with van der Waals surface area (Å²) in [6, 6.07) is 0. The molecular formula is C20H44O7. The van der Waals surface area contributed by atoms with Crippen molar-refractivity contribution in [3.63, 3.8) is 0 Å². The molecule has 0 spiro atoms. The van der Waals surface area contributed by atoms with E-state index in [0.717, 1.165) is 0 Å². The van der Waals surface area contributed by atoms with Crippen molar-refractivity contribution in [2.45, 2.75) is 94.0 Å². The number of esters is 1. The van der Waals surface area contributed by atoms with Crippen LogP contribution in [0.25, 0.3) is 0 Å². The second-order valence-electron chi connectivity index (χ2n) is 5.68. The highest BCUT2D eigenvalue weighted by Gasteiger charge is 2.33. The molecule has 0 aliphatic rings. The van der Waals surface area contributed by atoms with E-state index in [1.807, 2.05) is 27.7 Å². The molecule has 7 nitrogen and oxygen atoms in total. The van der Waals surface area contributed by atoms with Crippen molar-refractivity contribution >= 4 is 12.1 Å². The van der Waals surface area contributed by atoms with Crippen molar-refractivity contribution < 1.29 is 33.3 Å². The first-order valence-corrected chi connectivity index (χ1v) is 8.94. The molecule has 0 aliphatic heterocycles. The van der Waals surface area contributed by atoms with Crippen molar-refractivity contribution in [1.82, 2.24) is 0 Å². The van der Waals surface area contributed by atoms with Crippen LogP contribution in [-0.4, -0.2) is 56.9 Å². The number of hydrogen-bond acceptors (Lipinski definition) is 7. The van der Waals surface area contributed by atoms with Crippen LogP contribution in [0.1, 0.15) is 76.2 Å². The fourth-order valence-electron chi connectivity index (χ4n) is 1.53. The first-order chi connectivity index (χ1) is 11.8. The number of carbonyl (C=O) groups is 2. The van der Waals surface area contributed by atoms with Gasteiger partial charge in [-0.15, -0.1) is 0 Å². The van der Waals surface area contributed by atoms with E-state index >= 15 is 0 Å². The number of rotatable bonds is 11. The van der Waals surface area contributed by atoms with Gasteiger partial charge >= 0.3 is 12.1 Å². The van der Waals surface area contributed by atoms with E-state index < -0.39 is 23.8 Å². The number of ether oxygens (including phenoxy) is 5. The maximum absolute atomic E-state index is 12.0. The molecule has 0 aromatic rings. The van der Waals surface area contributed by atoms with Crippen LogP contribution in [0.5, 0.6) is 0 Å². The Morgan fingerprint density at radius 3 is 1.96 bits per heavy atom. The Morgan fingerprint density at radius 1 is 0.963 bits per heavy atom. The first kappa shape index (κ1) is 33.3. The van der Waals surface area contributed by atoms with E-state index in [-0.39, 0.29) is 34.2 Å². The normalized spacial score (nSPS) is 12.1. The molecule has 0 radical (unpaired) electrons. The molecule has 0 heterocycles. The van der Waals surface area contributed by atoms with E-state index in [4.69, 9.17) is 23.7 Å². The molecule has 7 heteroatoms. The lowest BCUT2D eigenvalue weighted by molar-refractivity contribution is -0.178. The van der Waals surface area contributed by atoms with Gasteiger partial charge in [0.2, 0.25) is 0 Å². The Bertz CT molecular complexity index is 356. The van der Waals surface area contributed by atoms with Crippen molar-refractivity contribution in [2.75, 3.05) is 26.9 Å². The molecular weight excluding hydrogens is 352 g/mol. The highest BCUT2D eigenvalue weighted by molar-refractivity contribution is 5.78. The molecule has 0 saturated carbocycles. The fourth-order valence-corrected chi connectivity index (χ4v) is 1.53. The molecule has 0 amide bonds. The minimum atomic E-state index is -1.14. The van der Waals surface area contributed by atoms with Gasteiger partial charge in [-0.1, -0.05) is 42.5 Å². The Hall–Kier alpha value is -1.34. The third-order valence-corrected chi connectivity index (χ3v) is 3.19. The molecule has 0 bridgehead atoms. The van der Waals surface area contributed by atoms with E-state index in [9.17, 15) is 9.59 Å². The molecule has 166 valence electrons. The summed E-state index contributed by atoms with van der Waals surface area (Å²) in [6.45, 7) is 13.3. The summed E-state index contributed by atoms with van der Waals surface area (Å²) in [5.41, 5.74) is -1.14. The SMILES string of the molecule is C.C.CC.CCC(C)OC(=O)OCC(CC)OC(C)(C)C(=O)OCCOC. The lowest BCUT2D eigenvalue weighted by Gasteiger charge is -2.28. The number of methoxy groups -OCH3 is 1. The van der Waals surface area contributed by atoms with Crippen molar-refractivity contribution in [2.24, 2.45) is 0 Å². The summed E-state index contributed by atoms with van der Waals surface area (Å²) in [7, 11) is 1.53. The standard InChI is InChI=1S/C16H30O7.C2H6.2CH4/c1-7-12(3)22-15(18)21-11-13(8-2)23-16(4,5)14(17)20-10-9-19-6;1-2;;/h12-13H,7-11H2,1-6H3;1-2H3;2*1H4. The predicted molar refractivity (Wildman–Crippen MR) is 109 cm³/mol. The summed E-state index contributed by atoms with van der Waals surface area (Å²) in [5.74, 6) is -0.491. The molecule has 0 aromatic carbocycles. The molecule has 27 heavy (non-hydrogen) atoms. The summed E-state index contributed by atoms with van der Waals surface area (Å²) < 4.78 is 25.6. The van der Waals surface area contributed by atoms with E-state index in [1.54, 1.807) is 20.8 Å². The Morgan fingerprint density at radius 2 is 1.52 bits per heavy atom. The average molecular weight is 397 g/mol. The van der Waals surface area contributed by atoms with Gasteiger partial charge in [0.15, 0.2) is 5.60 Å². The van der Waals surface area contributed by atoms with Gasteiger partial charge in [-0.05, 0) is 33.6 Å². The summed E-state index contributed by atoms with van der Waals surface area (Å²) in [5, 5.41) is 0. The van der Waals surface area contributed by atoms with Crippen LogP contribution in [-0.2, 0) is 28.5 Å². The summed E-state index contributed by atoms with van der Waals surface area (Å²) in [6.07, 6.45) is -0.0730. The van der Waals surface area contributed by atoms with Crippen LogP contribution in [0.4, 0.5) is 4.79 Å². The third kappa shape index (κ3) is 16.6. The molecule has 0 rings (SSSR count). The Balaban J connectivity index is -0.000000637. The van der Waals surface area contributed by atoms with Crippen LogP contribution < -0.4 is 0 Å². The molecule has 0 aliphatic carbocycles. The van der Waals surface area contributed by atoms with Crippen LogP contribution >= 0.6 is 0 Å². The molecule has 0 aromatic heterocycles. The molecule has 2 atom stereocenters. The quantitative estimate of drug-likeness (QED) is 0.359. The molecule has 0 fully saturated rings. The van der Waals surface area contributed by atoms with Crippen LogP contribution in [0.2, 0.25) is 0 Å². The van der Waals surface area contributed by atoms with E-state index in [0.29, 0.717) is 19.4 Å². The minimum absolute atomic E-state index is 0. The zero-order valence-corrected chi connectivity index (χ0v) is 17.0. The zero-order chi connectivity index (χ0) is 19.9. The van der Waals surface area contributed by atoms with Gasteiger partial charge in [-0.3, -0.25) is 0 Å². The second-order valence-corrected chi connectivity index (χ2v) is 5.68. The van der Waals surface area contributed by atoms with E-state index in [2.05, 4.69) is 0 Å². The number of hydrogen-bond donors (Lipinski definition) is 0. The van der Waals surface area contributed by atoms with Gasteiger partial charge in [-0.25, -0.2) is 9.59 Å². The lowest BCUT2D eigenvalue weighted by Crippen LogP contribution is -2.42. The van der Waals surface area contributed by atoms with Gasteiger partial charge in [-0.2, -0.15) is 0 Å². The highest BCUT2D eigenvalue weighted by Crippen LogP contribution is 2.17. The minimum Gasteiger partial charge on any atom is -0.461 e. The van der Waals surface area contributed by atoms with Gasteiger partial charge in [0.25, 0.3) is 0 Å². The fraction of sp³-hybridized carbons (Fsp3) is 0.900. The summed E-state index contributed by atoms with van der Waals surface area (Å²) >= 11 is 0. The van der Waals surface area contributed by atoms with Gasteiger partial charge < -0.3 is 23.7 Å². The zero-order valence-electron chi connectivity index (χ0n) is 17.0. The molecule has 2 unspecified atom stereocenters. The van der Waals surface area contributed by atoms with Crippen LogP contribution in [0, 0.1) is 0 Å². The largest absolute Gasteiger partial charge is 0.508 e. The van der Waals surface area contributed by atoms with Crippen molar-refractivity contribution in [1.29, 1.82) is 0 Å². The number of carbonyl (C=O) groups excluding carboxylic acids is 2. The van der Waals surface area contributed by atoms with Gasteiger partial charge in [0.1, 0.15) is 19.3 Å². The maximum atomic E-state index is 12.0. The second kappa shape index (κ2) is 19.4. The van der Waals surface area contributed by atoms with Crippen LogP contribution in [0.15, 0.2) is 0 Å². The highest BCUT2D eigenvalue weighted by atomic mass is 16.7. The van der Waals surface area contributed by atoms with Gasteiger partial charge in [0, 0.05) is 7.11 Å². The summed E-state index contributed by atoms with van der Waals surface area (Å²) in [4.78, 5) is 23.5. The van der Waals surface area contributed by atoms with Crippen LogP contribution in [0.3, 0.4) is 0 Å². The van der Waals surface area contributed by atoms with Gasteiger partial charge in [0.05, 0.1) is 12.7 Å². The topological polar surface area (TPSA) is 80.3 Å². The Labute approximate surface area is 167 Å².